The Bertz CT molecular complexity index is 1120. The average Bonchev–Trinajstić information content (AvgIpc) is 2.74. The number of benzene rings is 2. The minimum Gasteiger partial charge on any atom is -0.352 e. The first-order valence-corrected chi connectivity index (χ1v) is 10.5. The summed E-state index contributed by atoms with van der Waals surface area (Å²) in [6.07, 6.45) is 1.48. The molecule has 4 rings (SSSR count). The number of carbonyl (C=O) groups excluding carboxylic acids is 1. The van der Waals surface area contributed by atoms with Crippen LogP contribution < -0.4 is 21.1 Å². The Morgan fingerprint density at radius 1 is 1.17 bits per heavy atom. The SMILES string of the molecule is CCn1c(=O)c(N2CCC(NC(=O)Nc3cccc(Cl)c3)CC2)nc2ccccc21. The van der Waals surface area contributed by atoms with Crippen molar-refractivity contribution in [3.05, 3.63) is 63.9 Å². The zero-order valence-electron chi connectivity index (χ0n) is 16.8. The number of anilines is 2. The van der Waals surface area contributed by atoms with E-state index >= 15 is 0 Å². The number of hydrogen-bond donors (Lipinski definition) is 2. The number of piperidine rings is 1. The van der Waals surface area contributed by atoms with E-state index in [2.05, 4.69) is 15.6 Å². The quantitative estimate of drug-likeness (QED) is 0.665. The molecular formula is C22H24ClN5O2. The molecule has 156 valence electrons. The molecule has 1 aliphatic rings. The second-order valence-electron chi connectivity index (χ2n) is 7.34. The summed E-state index contributed by atoms with van der Waals surface area (Å²) >= 11 is 5.95. The number of aromatic nitrogens is 2. The molecule has 30 heavy (non-hydrogen) atoms. The molecule has 2 heterocycles. The molecule has 2 N–H and O–H groups in total. The minimum atomic E-state index is -0.257. The topological polar surface area (TPSA) is 79.3 Å². The minimum absolute atomic E-state index is 0.0364. The van der Waals surface area contributed by atoms with Gasteiger partial charge in [-0.3, -0.25) is 4.79 Å². The van der Waals surface area contributed by atoms with Gasteiger partial charge in [0.05, 0.1) is 11.0 Å². The monoisotopic (exact) mass is 425 g/mol. The second kappa shape index (κ2) is 8.75. The highest BCUT2D eigenvalue weighted by atomic mass is 35.5. The van der Waals surface area contributed by atoms with Gasteiger partial charge in [-0.15, -0.1) is 0 Å². The lowest BCUT2D eigenvalue weighted by atomic mass is 10.1. The third-order valence-electron chi connectivity index (χ3n) is 5.36. The summed E-state index contributed by atoms with van der Waals surface area (Å²) in [4.78, 5) is 31.9. The Balaban J connectivity index is 1.42. The fraction of sp³-hybridized carbons (Fsp3) is 0.318. The van der Waals surface area contributed by atoms with Gasteiger partial charge in [0.25, 0.3) is 5.56 Å². The maximum atomic E-state index is 13.0. The molecule has 0 spiro atoms. The van der Waals surface area contributed by atoms with Crippen LogP contribution in [-0.2, 0) is 6.54 Å². The van der Waals surface area contributed by atoms with Crippen molar-refractivity contribution in [3.63, 3.8) is 0 Å². The van der Waals surface area contributed by atoms with Gasteiger partial charge < -0.3 is 20.1 Å². The summed E-state index contributed by atoms with van der Waals surface area (Å²) in [6, 6.07) is 14.5. The Morgan fingerprint density at radius 2 is 1.93 bits per heavy atom. The molecular weight excluding hydrogens is 402 g/mol. The van der Waals surface area contributed by atoms with Crippen LogP contribution in [-0.4, -0.2) is 34.7 Å². The highest BCUT2D eigenvalue weighted by Crippen LogP contribution is 2.19. The molecule has 1 saturated heterocycles. The number of rotatable bonds is 4. The van der Waals surface area contributed by atoms with E-state index in [0.717, 1.165) is 23.9 Å². The summed E-state index contributed by atoms with van der Waals surface area (Å²) in [5.74, 6) is 0.484. The van der Waals surface area contributed by atoms with E-state index in [4.69, 9.17) is 11.6 Å². The molecule has 8 heteroatoms. The number of halogens is 1. The number of aryl methyl sites for hydroxylation is 1. The van der Waals surface area contributed by atoms with Gasteiger partial charge in [-0.2, -0.15) is 0 Å². The number of carbonyl (C=O) groups is 1. The normalized spacial score (nSPS) is 14.7. The number of nitrogens with one attached hydrogen (secondary N) is 2. The van der Waals surface area contributed by atoms with E-state index in [1.54, 1.807) is 28.8 Å². The summed E-state index contributed by atoms with van der Waals surface area (Å²) in [6.45, 7) is 3.88. The number of hydrogen-bond acceptors (Lipinski definition) is 4. The predicted molar refractivity (Wildman–Crippen MR) is 121 cm³/mol. The van der Waals surface area contributed by atoms with Crippen molar-refractivity contribution < 1.29 is 4.79 Å². The molecule has 0 unspecified atom stereocenters. The molecule has 1 fully saturated rings. The van der Waals surface area contributed by atoms with E-state index in [1.807, 2.05) is 36.1 Å². The fourth-order valence-electron chi connectivity index (χ4n) is 3.85. The van der Waals surface area contributed by atoms with Crippen molar-refractivity contribution in [2.75, 3.05) is 23.3 Å². The first kappa shape index (κ1) is 20.2. The molecule has 0 saturated carbocycles. The standard InChI is InChI=1S/C22H24ClN5O2/c1-2-28-19-9-4-3-8-18(19)26-20(21(28)29)27-12-10-16(11-13-27)24-22(30)25-17-7-5-6-15(23)14-17/h3-9,14,16H,2,10-13H2,1H3,(H2,24,25,30). The number of amides is 2. The van der Waals surface area contributed by atoms with Crippen LogP contribution in [0.3, 0.4) is 0 Å². The summed E-state index contributed by atoms with van der Waals surface area (Å²) in [5.41, 5.74) is 2.25. The van der Waals surface area contributed by atoms with Crippen LogP contribution >= 0.6 is 11.6 Å². The van der Waals surface area contributed by atoms with E-state index < -0.39 is 0 Å². The van der Waals surface area contributed by atoms with Crippen molar-refractivity contribution in [3.8, 4) is 0 Å². The largest absolute Gasteiger partial charge is 0.352 e. The maximum absolute atomic E-state index is 13.0. The van der Waals surface area contributed by atoms with Crippen LogP contribution in [0.2, 0.25) is 5.02 Å². The second-order valence-corrected chi connectivity index (χ2v) is 7.78. The Kier molecular flexibility index (Phi) is 5.90. The Labute approximate surface area is 179 Å². The molecule has 7 nitrogen and oxygen atoms in total. The molecule has 1 aromatic heterocycles. The average molecular weight is 426 g/mol. The van der Waals surface area contributed by atoms with Crippen molar-refractivity contribution in [1.29, 1.82) is 0 Å². The smallest absolute Gasteiger partial charge is 0.319 e. The summed E-state index contributed by atoms with van der Waals surface area (Å²) in [5, 5.41) is 6.38. The molecule has 2 amide bonds. The molecule has 0 bridgehead atoms. The van der Waals surface area contributed by atoms with Gasteiger partial charge in [-0.1, -0.05) is 29.8 Å². The zero-order chi connectivity index (χ0) is 21.1. The van der Waals surface area contributed by atoms with Gasteiger partial charge in [0.1, 0.15) is 0 Å². The van der Waals surface area contributed by atoms with Crippen LogP contribution in [0.25, 0.3) is 11.0 Å². The molecule has 0 radical (unpaired) electrons. The van der Waals surface area contributed by atoms with Crippen molar-refractivity contribution in [2.24, 2.45) is 0 Å². The van der Waals surface area contributed by atoms with E-state index in [-0.39, 0.29) is 17.6 Å². The first-order valence-electron chi connectivity index (χ1n) is 10.1. The zero-order valence-corrected chi connectivity index (χ0v) is 17.5. The van der Waals surface area contributed by atoms with E-state index in [9.17, 15) is 9.59 Å². The molecule has 0 atom stereocenters. The number of fused-ring (bicyclic) bond motifs is 1. The molecule has 3 aromatic rings. The lowest BCUT2D eigenvalue weighted by molar-refractivity contribution is 0.246. The third-order valence-corrected chi connectivity index (χ3v) is 5.60. The van der Waals surface area contributed by atoms with Crippen LogP contribution in [0, 0.1) is 0 Å². The number of nitrogens with zero attached hydrogens (tertiary/aromatic N) is 3. The Morgan fingerprint density at radius 3 is 2.67 bits per heavy atom. The highest BCUT2D eigenvalue weighted by Gasteiger charge is 2.24. The van der Waals surface area contributed by atoms with Crippen molar-refractivity contribution in [1.82, 2.24) is 14.9 Å². The van der Waals surface area contributed by atoms with E-state index in [1.165, 1.54) is 0 Å². The number of para-hydroxylation sites is 2. The van der Waals surface area contributed by atoms with Gasteiger partial charge in [-0.25, -0.2) is 9.78 Å². The Hall–Kier alpha value is -3.06. The van der Waals surface area contributed by atoms with Crippen LogP contribution in [0.5, 0.6) is 0 Å². The van der Waals surface area contributed by atoms with Crippen molar-refractivity contribution in [2.45, 2.75) is 32.4 Å². The van der Waals surface area contributed by atoms with Crippen LogP contribution in [0.4, 0.5) is 16.3 Å². The molecule has 1 aliphatic heterocycles. The van der Waals surface area contributed by atoms with Gasteiger partial charge in [0.2, 0.25) is 0 Å². The first-order chi connectivity index (χ1) is 14.5. The lowest BCUT2D eigenvalue weighted by Crippen LogP contribution is -2.47. The van der Waals surface area contributed by atoms with Gasteiger partial charge in [-0.05, 0) is 50.1 Å². The summed E-state index contributed by atoms with van der Waals surface area (Å²) < 4.78 is 1.76. The summed E-state index contributed by atoms with van der Waals surface area (Å²) in [7, 11) is 0. The number of urea groups is 1. The molecule has 2 aromatic carbocycles. The predicted octanol–water partition coefficient (Wildman–Crippen LogP) is 3.86. The highest BCUT2D eigenvalue weighted by molar-refractivity contribution is 6.30. The van der Waals surface area contributed by atoms with E-state index in [0.29, 0.717) is 36.2 Å². The van der Waals surface area contributed by atoms with Gasteiger partial charge in [0, 0.05) is 36.4 Å². The maximum Gasteiger partial charge on any atom is 0.319 e. The van der Waals surface area contributed by atoms with Crippen LogP contribution in [0.15, 0.2) is 53.3 Å². The fourth-order valence-corrected chi connectivity index (χ4v) is 4.04. The third kappa shape index (κ3) is 4.26. The lowest BCUT2D eigenvalue weighted by Gasteiger charge is -2.33. The van der Waals surface area contributed by atoms with Gasteiger partial charge >= 0.3 is 6.03 Å². The van der Waals surface area contributed by atoms with Gasteiger partial charge in [0.15, 0.2) is 5.82 Å². The molecule has 0 aliphatic carbocycles. The van der Waals surface area contributed by atoms with Crippen LogP contribution in [0.1, 0.15) is 19.8 Å². The van der Waals surface area contributed by atoms with Crippen molar-refractivity contribution >= 4 is 40.2 Å².